The monoisotopic (exact) mass is 393 g/mol. The average Bonchev–Trinajstić information content (AvgIpc) is 2.69. The maximum Gasteiger partial charge on any atom is 0.331 e. The third-order valence-corrected chi connectivity index (χ3v) is 4.82. The lowest BCUT2D eigenvalue weighted by Gasteiger charge is -2.14. The van der Waals surface area contributed by atoms with Gasteiger partial charge in [-0.2, -0.15) is 0 Å². The molecule has 142 valence electrons. The summed E-state index contributed by atoms with van der Waals surface area (Å²) >= 11 is 6.06. The molecule has 0 saturated carbocycles. The second kappa shape index (κ2) is 8.72. The first-order valence-corrected chi connectivity index (χ1v) is 9.26. The largest absolute Gasteiger partial charge is 0.449 e. The number of carbonyl (C=O) groups is 2. The number of amides is 1. The van der Waals surface area contributed by atoms with E-state index < -0.39 is 18.0 Å². The minimum atomic E-state index is -0.942. The highest BCUT2D eigenvalue weighted by Gasteiger charge is 2.17. The summed E-state index contributed by atoms with van der Waals surface area (Å²) in [5.74, 6) is -1.00. The molecule has 3 aromatic carbocycles. The lowest BCUT2D eigenvalue weighted by Crippen LogP contribution is -2.29. The van der Waals surface area contributed by atoms with Crippen molar-refractivity contribution < 1.29 is 14.3 Å². The van der Waals surface area contributed by atoms with Crippen LogP contribution in [0.25, 0.3) is 16.8 Å². The fraction of sp³-hybridized carbons (Fsp3) is 0.130. The van der Waals surface area contributed by atoms with Crippen molar-refractivity contribution in [3.63, 3.8) is 0 Å². The van der Waals surface area contributed by atoms with Gasteiger partial charge in [0.25, 0.3) is 5.91 Å². The van der Waals surface area contributed by atoms with Crippen LogP contribution in [0.3, 0.4) is 0 Å². The van der Waals surface area contributed by atoms with Gasteiger partial charge in [-0.05, 0) is 54.0 Å². The van der Waals surface area contributed by atoms with Crippen molar-refractivity contribution in [3.8, 4) is 0 Å². The van der Waals surface area contributed by atoms with E-state index in [1.807, 2.05) is 49.4 Å². The van der Waals surface area contributed by atoms with E-state index >= 15 is 0 Å². The molecule has 0 bridgehead atoms. The molecule has 0 aliphatic rings. The number of nitrogens with one attached hydrogen (secondary N) is 1. The zero-order valence-electron chi connectivity index (χ0n) is 15.6. The number of halogens is 1. The Morgan fingerprint density at radius 2 is 1.75 bits per heavy atom. The quantitative estimate of drug-likeness (QED) is 0.467. The summed E-state index contributed by atoms with van der Waals surface area (Å²) in [5.41, 5.74) is 2.25. The summed E-state index contributed by atoms with van der Waals surface area (Å²) in [7, 11) is 0. The molecule has 28 heavy (non-hydrogen) atoms. The molecular weight excluding hydrogens is 374 g/mol. The molecule has 0 saturated heterocycles. The van der Waals surface area contributed by atoms with Crippen molar-refractivity contribution in [1.82, 2.24) is 0 Å². The number of hydrogen-bond acceptors (Lipinski definition) is 3. The highest BCUT2D eigenvalue weighted by Crippen LogP contribution is 2.23. The maximum absolute atomic E-state index is 12.3. The molecule has 1 N–H and O–H groups in total. The molecule has 0 radical (unpaired) electrons. The van der Waals surface area contributed by atoms with E-state index in [1.54, 1.807) is 24.3 Å². The second-order valence-electron chi connectivity index (χ2n) is 6.38. The van der Waals surface area contributed by atoms with Crippen LogP contribution >= 0.6 is 11.6 Å². The number of fused-ring (bicyclic) bond motifs is 1. The van der Waals surface area contributed by atoms with Crippen LogP contribution in [0.5, 0.6) is 0 Å². The summed E-state index contributed by atoms with van der Waals surface area (Å²) in [6.07, 6.45) is 2.08. The Morgan fingerprint density at radius 1 is 1.04 bits per heavy atom. The van der Waals surface area contributed by atoms with Crippen molar-refractivity contribution in [2.45, 2.75) is 20.0 Å². The Morgan fingerprint density at radius 3 is 2.57 bits per heavy atom. The number of anilines is 1. The number of esters is 1. The highest BCUT2D eigenvalue weighted by molar-refractivity contribution is 6.31. The van der Waals surface area contributed by atoms with Crippen molar-refractivity contribution in [2.75, 3.05) is 5.32 Å². The van der Waals surface area contributed by atoms with Crippen LogP contribution in [0.1, 0.15) is 18.1 Å². The predicted molar refractivity (Wildman–Crippen MR) is 113 cm³/mol. The van der Waals surface area contributed by atoms with E-state index in [1.165, 1.54) is 13.0 Å². The van der Waals surface area contributed by atoms with Gasteiger partial charge in [-0.3, -0.25) is 4.79 Å². The molecule has 0 aliphatic heterocycles. The Kier molecular flexibility index (Phi) is 6.12. The summed E-state index contributed by atoms with van der Waals surface area (Å²) in [4.78, 5) is 24.4. The van der Waals surface area contributed by atoms with Crippen LogP contribution in [0.2, 0.25) is 5.02 Å². The molecule has 5 heteroatoms. The van der Waals surface area contributed by atoms with Crippen LogP contribution < -0.4 is 5.32 Å². The number of hydrogen-bond donors (Lipinski definition) is 1. The van der Waals surface area contributed by atoms with Crippen molar-refractivity contribution in [1.29, 1.82) is 0 Å². The van der Waals surface area contributed by atoms with Gasteiger partial charge < -0.3 is 10.1 Å². The molecule has 0 aromatic heterocycles. The summed E-state index contributed by atoms with van der Waals surface area (Å²) in [6, 6.07) is 19.0. The molecule has 3 rings (SSSR count). The minimum Gasteiger partial charge on any atom is -0.449 e. The second-order valence-corrected chi connectivity index (χ2v) is 6.79. The molecular formula is C23H20ClNO3. The summed E-state index contributed by atoms with van der Waals surface area (Å²) in [6.45, 7) is 3.33. The van der Waals surface area contributed by atoms with Crippen LogP contribution in [0, 0.1) is 6.92 Å². The highest BCUT2D eigenvalue weighted by atomic mass is 35.5. The van der Waals surface area contributed by atoms with Gasteiger partial charge >= 0.3 is 5.97 Å². The van der Waals surface area contributed by atoms with E-state index in [-0.39, 0.29) is 0 Å². The smallest absolute Gasteiger partial charge is 0.331 e. The van der Waals surface area contributed by atoms with E-state index in [4.69, 9.17) is 16.3 Å². The molecule has 0 fully saturated rings. The topological polar surface area (TPSA) is 55.4 Å². The fourth-order valence-electron chi connectivity index (χ4n) is 2.80. The molecule has 1 amide bonds. The third-order valence-electron chi connectivity index (χ3n) is 4.41. The first-order valence-electron chi connectivity index (χ1n) is 8.88. The molecule has 0 spiro atoms. The van der Waals surface area contributed by atoms with Gasteiger partial charge in [0.15, 0.2) is 6.10 Å². The number of rotatable bonds is 5. The normalized spacial score (nSPS) is 12.1. The Bertz CT molecular complexity index is 1050. The average molecular weight is 394 g/mol. The Labute approximate surface area is 168 Å². The summed E-state index contributed by atoms with van der Waals surface area (Å²) in [5, 5.41) is 5.41. The minimum absolute atomic E-state index is 0.419. The van der Waals surface area contributed by atoms with Gasteiger partial charge in [-0.15, -0.1) is 0 Å². The maximum atomic E-state index is 12.3. The summed E-state index contributed by atoms with van der Waals surface area (Å²) < 4.78 is 5.22. The van der Waals surface area contributed by atoms with Gasteiger partial charge in [0.05, 0.1) is 0 Å². The van der Waals surface area contributed by atoms with Crippen LogP contribution in [0.15, 0.2) is 66.7 Å². The van der Waals surface area contributed by atoms with Crippen molar-refractivity contribution in [3.05, 3.63) is 82.9 Å². The molecule has 1 unspecified atom stereocenters. The van der Waals surface area contributed by atoms with Gasteiger partial charge in [0, 0.05) is 16.8 Å². The Hall–Kier alpha value is -3.11. The SMILES string of the molecule is Cc1c(Cl)cccc1NC(=O)C(C)OC(=O)/C=C/c1cccc2ccccc12. The van der Waals surface area contributed by atoms with Crippen LogP contribution in [0.4, 0.5) is 5.69 Å². The molecule has 1 atom stereocenters. The molecule has 0 heterocycles. The third kappa shape index (κ3) is 4.59. The molecule has 4 nitrogen and oxygen atoms in total. The molecule has 3 aromatic rings. The lowest BCUT2D eigenvalue weighted by atomic mass is 10.0. The number of carbonyl (C=O) groups excluding carboxylic acids is 2. The fourth-order valence-corrected chi connectivity index (χ4v) is 2.97. The number of benzene rings is 3. The molecule has 0 aliphatic carbocycles. The number of ether oxygens (including phenoxy) is 1. The Balaban J connectivity index is 1.64. The zero-order valence-corrected chi connectivity index (χ0v) is 16.4. The van der Waals surface area contributed by atoms with E-state index in [9.17, 15) is 9.59 Å². The first-order chi connectivity index (χ1) is 13.5. The van der Waals surface area contributed by atoms with Crippen molar-refractivity contribution >= 4 is 46.0 Å². The van der Waals surface area contributed by atoms with Gasteiger partial charge in [-0.25, -0.2) is 4.79 Å². The predicted octanol–water partition coefficient (Wildman–Crippen LogP) is 5.39. The standard InChI is InChI=1S/C23H20ClNO3/c1-15-20(24)11-6-12-21(15)25-23(27)16(2)28-22(26)14-13-18-9-5-8-17-7-3-4-10-19(17)18/h3-14,16H,1-2H3,(H,25,27)/b14-13+. The van der Waals surface area contributed by atoms with Crippen molar-refractivity contribution in [2.24, 2.45) is 0 Å². The van der Waals surface area contributed by atoms with Crippen LogP contribution in [-0.4, -0.2) is 18.0 Å². The van der Waals surface area contributed by atoms with E-state index in [0.717, 1.165) is 21.9 Å². The first kappa shape index (κ1) is 19.6. The van der Waals surface area contributed by atoms with E-state index in [0.29, 0.717) is 10.7 Å². The van der Waals surface area contributed by atoms with Crippen LogP contribution in [-0.2, 0) is 14.3 Å². The lowest BCUT2D eigenvalue weighted by molar-refractivity contribution is -0.148. The van der Waals surface area contributed by atoms with E-state index in [2.05, 4.69) is 5.32 Å². The zero-order chi connectivity index (χ0) is 20.1. The van der Waals surface area contributed by atoms with Gasteiger partial charge in [-0.1, -0.05) is 60.1 Å². The van der Waals surface area contributed by atoms with Gasteiger partial charge in [0.2, 0.25) is 0 Å². The van der Waals surface area contributed by atoms with Gasteiger partial charge in [0.1, 0.15) is 0 Å².